The number of hydrogen-bond donors (Lipinski definition) is 2. The van der Waals surface area contributed by atoms with Gasteiger partial charge in [-0.05, 0) is 29.8 Å². The molecule has 1 aromatic heterocycles. The van der Waals surface area contributed by atoms with Crippen LogP contribution in [0.2, 0.25) is 0 Å². The molecule has 0 spiro atoms. The predicted molar refractivity (Wildman–Crippen MR) is 48.4 cm³/mol. The van der Waals surface area contributed by atoms with E-state index in [0.29, 0.717) is 0 Å². The number of nitrogens with zero attached hydrogens (tertiary/aromatic N) is 1. The second-order valence-electron chi connectivity index (χ2n) is 2.80. The van der Waals surface area contributed by atoms with Gasteiger partial charge in [-0.2, -0.15) is 5.10 Å². The number of H-pyrrole nitrogens is 1. The number of nitrogens with one attached hydrogen (secondary N) is 1. The number of nitrogens with two attached hydrogens (primary N) is 1. The zero-order valence-electron chi connectivity index (χ0n) is 6.69. The first kappa shape index (κ1) is 8.74. The van der Waals surface area contributed by atoms with E-state index in [0.717, 1.165) is 22.3 Å². The standard InChI is InChI=1S/C7H12BrN3/c1-4(9)3-6-5(2)7(8)11-10-6/h4H,3,9H2,1-2H3,(H,10,11). The highest BCUT2D eigenvalue weighted by Crippen LogP contribution is 2.16. The summed E-state index contributed by atoms with van der Waals surface area (Å²) in [6, 6.07) is 0.182. The van der Waals surface area contributed by atoms with Gasteiger partial charge < -0.3 is 5.73 Å². The van der Waals surface area contributed by atoms with E-state index in [-0.39, 0.29) is 6.04 Å². The van der Waals surface area contributed by atoms with Crippen molar-refractivity contribution in [2.45, 2.75) is 26.3 Å². The van der Waals surface area contributed by atoms with Gasteiger partial charge in [-0.1, -0.05) is 0 Å². The summed E-state index contributed by atoms with van der Waals surface area (Å²) in [4.78, 5) is 0. The van der Waals surface area contributed by atoms with Crippen LogP contribution in [0.5, 0.6) is 0 Å². The van der Waals surface area contributed by atoms with E-state index in [9.17, 15) is 0 Å². The lowest BCUT2D eigenvalue weighted by atomic mass is 10.1. The lowest BCUT2D eigenvalue weighted by Gasteiger charge is -2.02. The maximum atomic E-state index is 5.64. The molecule has 1 heterocycles. The first-order valence-corrected chi connectivity index (χ1v) is 4.35. The Morgan fingerprint density at radius 3 is 2.73 bits per heavy atom. The Bertz CT molecular complexity index is 242. The number of hydrogen-bond acceptors (Lipinski definition) is 2. The molecule has 1 atom stereocenters. The van der Waals surface area contributed by atoms with Crippen LogP contribution >= 0.6 is 15.9 Å². The van der Waals surface area contributed by atoms with Crippen molar-refractivity contribution in [2.75, 3.05) is 0 Å². The van der Waals surface area contributed by atoms with Crippen LogP contribution in [0.3, 0.4) is 0 Å². The summed E-state index contributed by atoms with van der Waals surface area (Å²) >= 11 is 3.32. The Kier molecular flexibility index (Phi) is 2.67. The van der Waals surface area contributed by atoms with E-state index in [1.54, 1.807) is 0 Å². The van der Waals surface area contributed by atoms with E-state index in [2.05, 4.69) is 26.1 Å². The van der Waals surface area contributed by atoms with Crippen molar-refractivity contribution < 1.29 is 0 Å². The molecule has 0 radical (unpaired) electrons. The summed E-state index contributed by atoms with van der Waals surface area (Å²) < 4.78 is 0.883. The fourth-order valence-corrected chi connectivity index (χ4v) is 1.26. The lowest BCUT2D eigenvalue weighted by molar-refractivity contribution is 0.716. The molecular formula is C7H12BrN3. The monoisotopic (exact) mass is 217 g/mol. The molecule has 0 aliphatic heterocycles. The van der Waals surface area contributed by atoms with Gasteiger partial charge in [-0.3, -0.25) is 5.10 Å². The van der Waals surface area contributed by atoms with Gasteiger partial charge in [-0.25, -0.2) is 0 Å². The Labute approximate surface area is 74.5 Å². The second kappa shape index (κ2) is 3.36. The average Bonchev–Trinajstić information content (AvgIpc) is 2.18. The Balaban J connectivity index is 2.79. The normalized spacial score (nSPS) is 13.5. The summed E-state index contributed by atoms with van der Waals surface area (Å²) in [6.45, 7) is 4.00. The molecule has 1 aromatic rings. The third-order valence-electron chi connectivity index (χ3n) is 1.58. The van der Waals surface area contributed by atoms with Crippen molar-refractivity contribution in [2.24, 2.45) is 5.73 Å². The smallest absolute Gasteiger partial charge is 0.131 e. The van der Waals surface area contributed by atoms with E-state index in [4.69, 9.17) is 5.73 Å². The van der Waals surface area contributed by atoms with Crippen LogP contribution in [-0.2, 0) is 6.42 Å². The highest BCUT2D eigenvalue weighted by Gasteiger charge is 2.07. The molecule has 1 unspecified atom stereocenters. The molecule has 0 saturated heterocycles. The van der Waals surface area contributed by atoms with Crippen molar-refractivity contribution in [1.29, 1.82) is 0 Å². The first-order valence-electron chi connectivity index (χ1n) is 3.56. The van der Waals surface area contributed by atoms with Crippen molar-refractivity contribution >= 4 is 15.9 Å². The van der Waals surface area contributed by atoms with Crippen molar-refractivity contribution in [3.63, 3.8) is 0 Å². The summed E-state index contributed by atoms with van der Waals surface area (Å²) in [5.74, 6) is 0. The van der Waals surface area contributed by atoms with E-state index < -0.39 is 0 Å². The topological polar surface area (TPSA) is 54.7 Å². The maximum absolute atomic E-state index is 5.64. The molecule has 62 valence electrons. The minimum absolute atomic E-state index is 0.182. The van der Waals surface area contributed by atoms with Gasteiger partial charge in [0, 0.05) is 23.7 Å². The van der Waals surface area contributed by atoms with Crippen LogP contribution in [0.25, 0.3) is 0 Å². The molecule has 3 N–H and O–H groups in total. The summed E-state index contributed by atoms with van der Waals surface area (Å²) in [5.41, 5.74) is 7.91. The number of aromatic amines is 1. The third-order valence-corrected chi connectivity index (χ3v) is 2.35. The van der Waals surface area contributed by atoms with Crippen LogP contribution in [0.4, 0.5) is 0 Å². The van der Waals surface area contributed by atoms with E-state index in [1.165, 1.54) is 0 Å². The quantitative estimate of drug-likeness (QED) is 0.787. The first-order chi connectivity index (χ1) is 5.11. The minimum atomic E-state index is 0.182. The van der Waals surface area contributed by atoms with Crippen molar-refractivity contribution in [3.8, 4) is 0 Å². The fourth-order valence-electron chi connectivity index (χ4n) is 0.929. The molecule has 0 fully saturated rings. The molecule has 0 bridgehead atoms. The van der Waals surface area contributed by atoms with Gasteiger partial charge in [0.2, 0.25) is 0 Å². The van der Waals surface area contributed by atoms with Crippen LogP contribution < -0.4 is 5.73 Å². The molecule has 0 aliphatic carbocycles. The summed E-state index contributed by atoms with van der Waals surface area (Å²) in [6.07, 6.45) is 0.852. The SMILES string of the molecule is Cc1c(Br)n[nH]c1CC(C)N. The van der Waals surface area contributed by atoms with Crippen molar-refractivity contribution in [1.82, 2.24) is 10.2 Å². The molecule has 4 heteroatoms. The molecule has 3 nitrogen and oxygen atoms in total. The number of rotatable bonds is 2. The van der Waals surface area contributed by atoms with Crippen LogP contribution in [0, 0.1) is 6.92 Å². The van der Waals surface area contributed by atoms with Crippen LogP contribution in [0.1, 0.15) is 18.2 Å². The Hall–Kier alpha value is -0.350. The number of halogens is 1. The van der Waals surface area contributed by atoms with Crippen LogP contribution in [-0.4, -0.2) is 16.2 Å². The van der Waals surface area contributed by atoms with E-state index in [1.807, 2.05) is 13.8 Å². The molecular weight excluding hydrogens is 206 g/mol. The van der Waals surface area contributed by atoms with Gasteiger partial charge in [-0.15, -0.1) is 0 Å². The molecule has 0 saturated carbocycles. The summed E-state index contributed by atoms with van der Waals surface area (Å²) in [5, 5.41) is 6.93. The molecule has 1 rings (SSSR count). The van der Waals surface area contributed by atoms with Gasteiger partial charge in [0.15, 0.2) is 0 Å². The van der Waals surface area contributed by atoms with Crippen LogP contribution in [0.15, 0.2) is 4.60 Å². The lowest BCUT2D eigenvalue weighted by Crippen LogP contribution is -2.18. The second-order valence-corrected chi connectivity index (χ2v) is 3.55. The summed E-state index contributed by atoms with van der Waals surface area (Å²) in [7, 11) is 0. The number of aromatic nitrogens is 2. The molecule has 11 heavy (non-hydrogen) atoms. The zero-order valence-corrected chi connectivity index (χ0v) is 8.27. The predicted octanol–water partition coefficient (Wildman–Crippen LogP) is 1.37. The average molecular weight is 218 g/mol. The van der Waals surface area contributed by atoms with Gasteiger partial charge in [0.05, 0.1) is 0 Å². The zero-order chi connectivity index (χ0) is 8.43. The van der Waals surface area contributed by atoms with Crippen molar-refractivity contribution in [3.05, 3.63) is 15.9 Å². The largest absolute Gasteiger partial charge is 0.328 e. The third kappa shape index (κ3) is 2.04. The molecule has 0 aromatic carbocycles. The Morgan fingerprint density at radius 1 is 1.73 bits per heavy atom. The van der Waals surface area contributed by atoms with Gasteiger partial charge >= 0.3 is 0 Å². The highest BCUT2D eigenvalue weighted by atomic mass is 79.9. The van der Waals surface area contributed by atoms with Gasteiger partial charge in [0.1, 0.15) is 4.60 Å². The van der Waals surface area contributed by atoms with Gasteiger partial charge in [0.25, 0.3) is 0 Å². The fraction of sp³-hybridized carbons (Fsp3) is 0.571. The maximum Gasteiger partial charge on any atom is 0.131 e. The molecule has 0 amide bonds. The van der Waals surface area contributed by atoms with E-state index >= 15 is 0 Å². The Morgan fingerprint density at radius 2 is 2.36 bits per heavy atom. The minimum Gasteiger partial charge on any atom is -0.328 e. The highest BCUT2D eigenvalue weighted by molar-refractivity contribution is 9.10. The molecule has 0 aliphatic rings.